The lowest BCUT2D eigenvalue weighted by Crippen LogP contribution is -2.13. The van der Waals surface area contributed by atoms with Crippen LogP contribution >= 0.6 is 12.2 Å². The lowest BCUT2D eigenvalue weighted by atomic mass is 10.2. The fraction of sp³-hybridized carbons (Fsp3) is 0.105. The normalized spacial score (nSPS) is 10.2. The number of carbonyl (C=O) groups excluding carboxylic acids is 1. The van der Waals surface area contributed by atoms with Crippen molar-refractivity contribution < 1.29 is 14.3 Å². The Bertz CT molecular complexity index is 957. The SMILES string of the molecule is COc1ccc(NC(=O)c2ccc[nH]c2=S)cc1OCc1cccnc1. The van der Waals surface area contributed by atoms with Gasteiger partial charge in [0, 0.05) is 35.9 Å². The molecule has 0 saturated carbocycles. The molecule has 0 aliphatic carbocycles. The smallest absolute Gasteiger partial charge is 0.258 e. The summed E-state index contributed by atoms with van der Waals surface area (Å²) >= 11 is 5.14. The van der Waals surface area contributed by atoms with E-state index in [1.807, 2.05) is 12.1 Å². The van der Waals surface area contributed by atoms with Gasteiger partial charge < -0.3 is 19.8 Å². The van der Waals surface area contributed by atoms with Gasteiger partial charge in [-0.25, -0.2) is 0 Å². The Balaban J connectivity index is 1.77. The fourth-order valence-electron chi connectivity index (χ4n) is 2.31. The van der Waals surface area contributed by atoms with Crippen LogP contribution in [0.1, 0.15) is 15.9 Å². The number of aromatic amines is 1. The molecule has 2 N–H and O–H groups in total. The summed E-state index contributed by atoms with van der Waals surface area (Å²) in [5, 5.41) is 2.82. The Morgan fingerprint density at radius 3 is 2.85 bits per heavy atom. The van der Waals surface area contributed by atoms with E-state index in [0.29, 0.717) is 34.0 Å². The van der Waals surface area contributed by atoms with Crippen molar-refractivity contribution >= 4 is 23.8 Å². The standard InChI is InChI=1S/C19H17N3O3S/c1-24-16-7-6-14(22-18(23)15-5-3-9-21-19(15)26)10-17(16)25-12-13-4-2-8-20-11-13/h2-11H,12H2,1H3,(H,21,26)(H,22,23). The number of carbonyl (C=O) groups is 1. The molecule has 2 aromatic heterocycles. The van der Waals surface area contributed by atoms with Gasteiger partial charge in [-0.1, -0.05) is 18.3 Å². The zero-order valence-corrected chi connectivity index (χ0v) is 14.9. The Morgan fingerprint density at radius 2 is 2.12 bits per heavy atom. The van der Waals surface area contributed by atoms with Gasteiger partial charge >= 0.3 is 0 Å². The number of aromatic nitrogens is 2. The number of amides is 1. The lowest BCUT2D eigenvalue weighted by molar-refractivity contribution is 0.102. The van der Waals surface area contributed by atoms with Crippen molar-refractivity contribution in [1.82, 2.24) is 9.97 Å². The van der Waals surface area contributed by atoms with E-state index in [0.717, 1.165) is 5.56 Å². The van der Waals surface area contributed by atoms with Crippen molar-refractivity contribution in [2.45, 2.75) is 6.61 Å². The van der Waals surface area contributed by atoms with E-state index in [-0.39, 0.29) is 5.91 Å². The minimum atomic E-state index is -0.296. The summed E-state index contributed by atoms with van der Waals surface area (Å²) in [7, 11) is 1.56. The van der Waals surface area contributed by atoms with E-state index in [1.165, 1.54) is 0 Å². The molecular formula is C19H17N3O3S. The number of hydrogen-bond donors (Lipinski definition) is 2. The van der Waals surface area contributed by atoms with Gasteiger partial charge in [-0.3, -0.25) is 9.78 Å². The van der Waals surface area contributed by atoms with E-state index in [2.05, 4.69) is 15.3 Å². The largest absolute Gasteiger partial charge is 0.493 e. The maximum absolute atomic E-state index is 12.4. The number of H-pyrrole nitrogens is 1. The number of methoxy groups -OCH3 is 1. The van der Waals surface area contributed by atoms with Crippen molar-refractivity contribution in [2.75, 3.05) is 12.4 Å². The number of nitrogens with zero attached hydrogens (tertiary/aromatic N) is 1. The van der Waals surface area contributed by atoms with Gasteiger partial charge in [0.25, 0.3) is 5.91 Å². The monoisotopic (exact) mass is 367 g/mol. The molecule has 1 amide bonds. The van der Waals surface area contributed by atoms with E-state index in [4.69, 9.17) is 21.7 Å². The minimum absolute atomic E-state index is 0.296. The third-order valence-electron chi connectivity index (χ3n) is 3.60. The predicted octanol–water partition coefficient (Wildman–Crippen LogP) is 3.98. The first-order chi connectivity index (χ1) is 12.7. The molecule has 3 aromatic rings. The maximum Gasteiger partial charge on any atom is 0.258 e. The second kappa shape index (κ2) is 8.26. The zero-order valence-electron chi connectivity index (χ0n) is 14.1. The van der Waals surface area contributed by atoms with Gasteiger partial charge in [-0.2, -0.15) is 0 Å². The average molecular weight is 367 g/mol. The van der Waals surface area contributed by atoms with Crippen LogP contribution in [0.3, 0.4) is 0 Å². The van der Waals surface area contributed by atoms with Gasteiger partial charge in [-0.15, -0.1) is 0 Å². The molecule has 0 fully saturated rings. The van der Waals surface area contributed by atoms with Crippen LogP contribution in [0.4, 0.5) is 5.69 Å². The van der Waals surface area contributed by atoms with Crippen LogP contribution in [0.25, 0.3) is 0 Å². The zero-order chi connectivity index (χ0) is 18.4. The molecular weight excluding hydrogens is 350 g/mol. The molecule has 6 nitrogen and oxygen atoms in total. The highest BCUT2D eigenvalue weighted by Gasteiger charge is 2.11. The van der Waals surface area contributed by atoms with E-state index < -0.39 is 0 Å². The molecule has 3 rings (SSSR count). The quantitative estimate of drug-likeness (QED) is 0.645. The second-order valence-corrected chi connectivity index (χ2v) is 5.79. The summed E-state index contributed by atoms with van der Waals surface area (Å²) in [6.45, 7) is 0.339. The molecule has 7 heteroatoms. The Kier molecular flexibility index (Phi) is 5.60. The van der Waals surface area contributed by atoms with Crippen molar-refractivity contribution in [3.05, 3.63) is 76.8 Å². The van der Waals surface area contributed by atoms with Crippen molar-refractivity contribution in [2.24, 2.45) is 0 Å². The van der Waals surface area contributed by atoms with Crippen LogP contribution in [0.2, 0.25) is 0 Å². The van der Waals surface area contributed by atoms with Gasteiger partial charge in [0.2, 0.25) is 0 Å². The molecule has 0 radical (unpaired) electrons. The first-order valence-electron chi connectivity index (χ1n) is 7.86. The number of pyridine rings is 2. The van der Waals surface area contributed by atoms with Gasteiger partial charge in [0.05, 0.1) is 12.7 Å². The first kappa shape index (κ1) is 17.6. The minimum Gasteiger partial charge on any atom is -0.493 e. The van der Waals surface area contributed by atoms with Gasteiger partial charge in [0.15, 0.2) is 11.5 Å². The highest BCUT2D eigenvalue weighted by Crippen LogP contribution is 2.31. The summed E-state index contributed by atoms with van der Waals surface area (Å²) in [6, 6.07) is 12.3. The summed E-state index contributed by atoms with van der Waals surface area (Å²) < 4.78 is 11.5. The molecule has 0 aliphatic heterocycles. The predicted molar refractivity (Wildman–Crippen MR) is 101 cm³/mol. The summed E-state index contributed by atoms with van der Waals surface area (Å²) in [5.41, 5.74) is 1.91. The summed E-state index contributed by atoms with van der Waals surface area (Å²) in [6.07, 6.45) is 5.11. The molecule has 132 valence electrons. The van der Waals surface area contributed by atoms with E-state index >= 15 is 0 Å². The van der Waals surface area contributed by atoms with Crippen molar-refractivity contribution in [3.63, 3.8) is 0 Å². The number of benzene rings is 1. The number of hydrogen-bond acceptors (Lipinski definition) is 5. The van der Waals surface area contributed by atoms with E-state index in [9.17, 15) is 4.79 Å². The second-order valence-electron chi connectivity index (χ2n) is 5.38. The molecule has 1 aromatic carbocycles. The van der Waals surface area contributed by atoms with Crippen LogP contribution in [-0.2, 0) is 6.61 Å². The molecule has 0 bridgehead atoms. The third kappa shape index (κ3) is 4.25. The molecule has 0 aliphatic rings. The molecule has 0 atom stereocenters. The average Bonchev–Trinajstić information content (AvgIpc) is 2.67. The van der Waals surface area contributed by atoms with Crippen molar-refractivity contribution in [3.8, 4) is 11.5 Å². The molecule has 0 spiro atoms. The lowest BCUT2D eigenvalue weighted by Gasteiger charge is -2.13. The summed E-state index contributed by atoms with van der Waals surface area (Å²) in [5.74, 6) is 0.798. The molecule has 26 heavy (non-hydrogen) atoms. The van der Waals surface area contributed by atoms with Crippen LogP contribution in [0.5, 0.6) is 11.5 Å². The number of anilines is 1. The Morgan fingerprint density at radius 1 is 1.23 bits per heavy atom. The topological polar surface area (TPSA) is 76.2 Å². The highest BCUT2D eigenvalue weighted by molar-refractivity contribution is 7.71. The van der Waals surface area contributed by atoms with Crippen LogP contribution < -0.4 is 14.8 Å². The fourth-order valence-corrected chi connectivity index (χ4v) is 2.54. The maximum atomic E-state index is 12.4. The van der Waals surface area contributed by atoms with Crippen LogP contribution in [0.15, 0.2) is 61.1 Å². The molecule has 2 heterocycles. The van der Waals surface area contributed by atoms with E-state index in [1.54, 1.807) is 56.0 Å². The van der Waals surface area contributed by atoms with Crippen LogP contribution in [-0.4, -0.2) is 23.0 Å². The highest BCUT2D eigenvalue weighted by atomic mass is 32.1. The Labute approximate surface area is 155 Å². The number of rotatable bonds is 6. The number of ether oxygens (including phenoxy) is 2. The number of nitrogens with one attached hydrogen (secondary N) is 2. The molecule has 0 unspecified atom stereocenters. The van der Waals surface area contributed by atoms with Crippen molar-refractivity contribution in [1.29, 1.82) is 0 Å². The van der Waals surface area contributed by atoms with Gasteiger partial charge in [0.1, 0.15) is 11.2 Å². The third-order valence-corrected chi connectivity index (χ3v) is 3.94. The first-order valence-corrected chi connectivity index (χ1v) is 8.27. The Hall–Kier alpha value is -3.19. The summed E-state index contributed by atoms with van der Waals surface area (Å²) in [4.78, 5) is 19.3. The van der Waals surface area contributed by atoms with Crippen LogP contribution in [0, 0.1) is 4.64 Å². The molecule has 0 saturated heterocycles. The van der Waals surface area contributed by atoms with Gasteiger partial charge in [-0.05, 0) is 30.3 Å².